The fraction of sp³-hybridized carbons (Fsp3) is 0.500. The number of rotatable bonds is 7. The van der Waals surface area contributed by atoms with Crippen molar-refractivity contribution in [3.8, 4) is 0 Å². The number of benzene rings is 1. The number of hydrogen-bond acceptors (Lipinski definition) is 2. The molecule has 0 saturated heterocycles. The Hall–Kier alpha value is -1.36. The monoisotopic (exact) mass is 354 g/mol. The summed E-state index contributed by atoms with van der Waals surface area (Å²) in [5.74, 6) is 0.00710. The van der Waals surface area contributed by atoms with Gasteiger partial charge in [0.2, 0.25) is 11.8 Å². The van der Waals surface area contributed by atoms with Gasteiger partial charge in [-0.2, -0.15) is 0 Å². The summed E-state index contributed by atoms with van der Waals surface area (Å²) in [5.41, 5.74) is 0.800. The van der Waals surface area contributed by atoms with Gasteiger partial charge in [-0.3, -0.25) is 9.59 Å². The number of halogens is 1. The van der Waals surface area contributed by atoms with Crippen LogP contribution in [0, 0.1) is 0 Å². The van der Waals surface area contributed by atoms with Crippen LogP contribution in [0.2, 0.25) is 0 Å². The van der Waals surface area contributed by atoms with Gasteiger partial charge in [0.25, 0.3) is 0 Å². The van der Waals surface area contributed by atoms with Crippen LogP contribution < -0.4 is 4.90 Å². The molecule has 116 valence electrons. The molecule has 0 aliphatic heterocycles. The molecule has 1 aromatic rings. The fourth-order valence-electron chi connectivity index (χ4n) is 2.04. The molecular weight excluding hydrogens is 332 g/mol. The van der Waals surface area contributed by atoms with Crippen molar-refractivity contribution in [3.63, 3.8) is 0 Å². The Bertz CT molecular complexity index is 491. The summed E-state index contributed by atoms with van der Waals surface area (Å²) in [5, 5.41) is 0. The Morgan fingerprint density at radius 3 is 2.43 bits per heavy atom. The summed E-state index contributed by atoms with van der Waals surface area (Å²) < 4.78 is 0.854. The highest BCUT2D eigenvalue weighted by Gasteiger charge is 2.17. The molecule has 0 fully saturated rings. The molecule has 0 aromatic heterocycles. The van der Waals surface area contributed by atoms with Gasteiger partial charge in [-0.1, -0.05) is 25.5 Å². The summed E-state index contributed by atoms with van der Waals surface area (Å²) in [7, 11) is 1.81. The number of hydrogen-bond donors (Lipinski definition) is 0. The van der Waals surface area contributed by atoms with Crippen LogP contribution in [0.3, 0.4) is 0 Å². The standard InChI is InChI=1S/C16H23BrN2O2/c1-4-5-11-18(3)16(21)10-12-19(13(2)20)15-9-7-6-8-14(15)17/h6-9H,4-5,10-12H2,1-3H3. The molecule has 0 spiro atoms. The molecule has 0 bridgehead atoms. The molecule has 1 rings (SSSR count). The molecule has 2 amide bonds. The van der Waals surface area contributed by atoms with Crippen molar-refractivity contribution in [2.45, 2.75) is 33.1 Å². The van der Waals surface area contributed by atoms with Gasteiger partial charge in [0.15, 0.2) is 0 Å². The van der Waals surface area contributed by atoms with Gasteiger partial charge in [-0.05, 0) is 34.5 Å². The SMILES string of the molecule is CCCCN(C)C(=O)CCN(C(C)=O)c1ccccc1Br. The second-order valence-corrected chi connectivity index (χ2v) is 5.90. The van der Waals surface area contributed by atoms with Gasteiger partial charge in [0, 0.05) is 38.0 Å². The highest BCUT2D eigenvalue weighted by atomic mass is 79.9. The van der Waals surface area contributed by atoms with E-state index in [0.717, 1.165) is 29.5 Å². The largest absolute Gasteiger partial charge is 0.346 e. The Labute approximate surface area is 135 Å². The van der Waals surface area contributed by atoms with E-state index in [1.165, 1.54) is 6.92 Å². The van der Waals surface area contributed by atoms with Crippen molar-refractivity contribution < 1.29 is 9.59 Å². The maximum atomic E-state index is 12.1. The van der Waals surface area contributed by atoms with Gasteiger partial charge in [-0.15, -0.1) is 0 Å². The first-order valence-electron chi connectivity index (χ1n) is 7.24. The summed E-state index contributed by atoms with van der Waals surface area (Å²) in [4.78, 5) is 27.3. The summed E-state index contributed by atoms with van der Waals surface area (Å²) in [6, 6.07) is 7.54. The molecular formula is C16H23BrN2O2. The van der Waals surface area contributed by atoms with E-state index in [0.29, 0.717) is 13.0 Å². The zero-order valence-electron chi connectivity index (χ0n) is 12.9. The first-order valence-corrected chi connectivity index (χ1v) is 8.03. The Morgan fingerprint density at radius 1 is 1.19 bits per heavy atom. The second kappa shape index (κ2) is 8.82. The lowest BCUT2D eigenvalue weighted by atomic mass is 10.2. The van der Waals surface area contributed by atoms with Gasteiger partial charge in [-0.25, -0.2) is 0 Å². The van der Waals surface area contributed by atoms with E-state index in [2.05, 4.69) is 22.9 Å². The smallest absolute Gasteiger partial charge is 0.224 e. The maximum absolute atomic E-state index is 12.1. The number of para-hydroxylation sites is 1. The molecule has 1 aromatic carbocycles. The number of anilines is 1. The van der Waals surface area contributed by atoms with Crippen molar-refractivity contribution >= 4 is 33.4 Å². The van der Waals surface area contributed by atoms with E-state index < -0.39 is 0 Å². The van der Waals surface area contributed by atoms with Crippen molar-refractivity contribution in [3.05, 3.63) is 28.7 Å². The minimum atomic E-state index is -0.0640. The maximum Gasteiger partial charge on any atom is 0.224 e. The van der Waals surface area contributed by atoms with Crippen LogP contribution in [0.4, 0.5) is 5.69 Å². The minimum absolute atomic E-state index is 0.0640. The molecule has 0 saturated carbocycles. The van der Waals surface area contributed by atoms with Crippen molar-refractivity contribution in [2.75, 3.05) is 25.0 Å². The topological polar surface area (TPSA) is 40.6 Å². The number of nitrogens with zero attached hydrogens (tertiary/aromatic N) is 2. The van der Waals surface area contributed by atoms with E-state index in [4.69, 9.17) is 0 Å². The number of unbranched alkanes of at least 4 members (excludes halogenated alkanes) is 1. The zero-order chi connectivity index (χ0) is 15.8. The van der Waals surface area contributed by atoms with E-state index in [-0.39, 0.29) is 11.8 Å². The highest BCUT2D eigenvalue weighted by Crippen LogP contribution is 2.26. The molecule has 0 heterocycles. The molecule has 4 nitrogen and oxygen atoms in total. The van der Waals surface area contributed by atoms with Crippen LogP contribution in [0.1, 0.15) is 33.1 Å². The predicted octanol–water partition coefficient (Wildman–Crippen LogP) is 3.45. The van der Waals surface area contributed by atoms with Crippen molar-refractivity contribution in [1.29, 1.82) is 0 Å². The predicted molar refractivity (Wildman–Crippen MR) is 89.3 cm³/mol. The lowest BCUT2D eigenvalue weighted by molar-refractivity contribution is -0.129. The quantitative estimate of drug-likeness (QED) is 0.752. The lowest BCUT2D eigenvalue weighted by Crippen LogP contribution is -2.35. The van der Waals surface area contributed by atoms with Crippen molar-refractivity contribution in [1.82, 2.24) is 4.90 Å². The molecule has 0 N–H and O–H groups in total. The number of carbonyl (C=O) groups is 2. The Morgan fingerprint density at radius 2 is 1.86 bits per heavy atom. The molecule has 0 unspecified atom stereocenters. The number of carbonyl (C=O) groups excluding carboxylic acids is 2. The summed E-state index contributed by atoms with van der Waals surface area (Å²) >= 11 is 3.45. The molecule has 21 heavy (non-hydrogen) atoms. The fourth-order valence-corrected chi connectivity index (χ4v) is 2.54. The average molecular weight is 355 g/mol. The first-order chi connectivity index (χ1) is 9.97. The molecule has 5 heteroatoms. The normalized spacial score (nSPS) is 10.3. The Kier molecular flexibility index (Phi) is 7.43. The molecule has 0 aliphatic rings. The van der Waals surface area contributed by atoms with Gasteiger partial charge in [0.1, 0.15) is 0 Å². The van der Waals surface area contributed by atoms with Crippen LogP contribution in [0.15, 0.2) is 28.7 Å². The summed E-state index contributed by atoms with van der Waals surface area (Å²) in [6.45, 7) is 4.78. The van der Waals surface area contributed by atoms with Gasteiger partial charge in [0.05, 0.1) is 5.69 Å². The second-order valence-electron chi connectivity index (χ2n) is 5.04. The van der Waals surface area contributed by atoms with Crippen LogP contribution in [0.25, 0.3) is 0 Å². The zero-order valence-corrected chi connectivity index (χ0v) is 14.5. The molecule has 0 atom stereocenters. The van der Waals surface area contributed by atoms with Gasteiger partial charge >= 0.3 is 0 Å². The van der Waals surface area contributed by atoms with E-state index in [1.54, 1.807) is 9.80 Å². The number of amides is 2. The van der Waals surface area contributed by atoms with Crippen LogP contribution >= 0.6 is 15.9 Å². The van der Waals surface area contributed by atoms with Gasteiger partial charge < -0.3 is 9.80 Å². The minimum Gasteiger partial charge on any atom is -0.346 e. The summed E-state index contributed by atoms with van der Waals surface area (Å²) in [6.07, 6.45) is 2.40. The average Bonchev–Trinajstić information content (AvgIpc) is 2.46. The third-order valence-corrected chi connectivity index (χ3v) is 4.02. The first kappa shape index (κ1) is 17.7. The Balaban J connectivity index is 2.67. The third-order valence-electron chi connectivity index (χ3n) is 3.35. The van der Waals surface area contributed by atoms with E-state index >= 15 is 0 Å². The van der Waals surface area contributed by atoms with Crippen LogP contribution in [0.5, 0.6) is 0 Å². The highest BCUT2D eigenvalue weighted by molar-refractivity contribution is 9.10. The lowest BCUT2D eigenvalue weighted by Gasteiger charge is -2.24. The molecule has 0 aliphatic carbocycles. The van der Waals surface area contributed by atoms with Crippen LogP contribution in [-0.2, 0) is 9.59 Å². The van der Waals surface area contributed by atoms with Crippen LogP contribution in [-0.4, -0.2) is 36.9 Å². The van der Waals surface area contributed by atoms with E-state index in [9.17, 15) is 9.59 Å². The van der Waals surface area contributed by atoms with Crippen molar-refractivity contribution in [2.24, 2.45) is 0 Å². The molecule has 0 radical (unpaired) electrons. The third kappa shape index (κ3) is 5.50. The van der Waals surface area contributed by atoms with E-state index in [1.807, 2.05) is 31.3 Å².